The molecule has 0 radical (unpaired) electrons. The summed E-state index contributed by atoms with van der Waals surface area (Å²) in [7, 11) is 3.34. The Morgan fingerprint density at radius 2 is 2.42 bits per heavy atom. The van der Waals surface area contributed by atoms with Crippen molar-refractivity contribution < 1.29 is 13.9 Å². The zero-order chi connectivity index (χ0) is 13.8. The molecular weight excluding hydrogens is 246 g/mol. The Morgan fingerprint density at radius 1 is 1.63 bits per heavy atom. The fraction of sp³-hybridized carbons (Fsp3) is 0.385. The molecule has 19 heavy (non-hydrogen) atoms. The molecule has 1 N–H and O–H groups in total. The second-order valence-corrected chi connectivity index (χ2v) is 4.36. The van der Waals surface area contributed by atoms with E-state index in [1.807, 2.05) is 6.92 Å². The smallest absolute Gasteiger partial charge is 0.274 e. The van der Waals surface area contributed by atoms with Crippen molar-refractivity contribution in [3.8, 4) is 11.5 Å². The van der Waals surface area contributed by atoms with Crippen molar-refractivity contribution in [2.24, 2.45) is 0 Å². The lowest BCUT2D eigenvalue weighted by atomic mass is 10.2. The first-order valence-corrected chi connectivity index (χ1v) is 5.99. The molecule has 0 aliphatic heterocycles. The van der Waals surface area contributed by atoms with E-state index in [0.717, 1.165) is 0 Å². The highest BCUT2D eigenvalue weighted by atomic mass is 16.5. The van der Waals surface area contributed by atoms with E-state index < -0.39 is 0 Å². The molecule has 0 bridgehead atoms. The van der Waals surface area contributed by atoms with Gasteiger partial charge in [-0.15, -0.1) is 0 Å². The average molecular weight is 263 g/mol. The maximum Gasteiger partial charge on any atom is 0.274 e. The van der Waals surface area contributed by atoms with Crippen molar-refractivity contribution in [3.05, 3.63) is 30.2 Å². The van der Waals surface area contributed by atoms with Crippen molar-refractivity contribution >= 4 is 5.91 Å². The Kier molecular flexibility index (Phi) is 4.01. The second kappa shape index (κ2) is 5.71. The van der Waals surface area contributed by atoms with Gasteiger partial charge in [-0.2, -0.15) is 5.10 Å². The van der Waals surface area contributed by atoms with E-state index in [1.165, 1.54) is 0 Å². The highest BCUT2D eigenvalue weighted by Gasteiger charge is 2.20. The Hall–Kier alpha value is -2.08. The molecule has 102 valence electrons. The van der Waals surface area contributed by atoms with E-state index in [4.69, 9.17) is 9.15 Å². The van der Waals surface area contributed by atoms with Crippen molar-refractivity contribution in [2.45, 2.75) is 13.0 Å². The van der Waals surface area contributed by atoms with Crippen molar-refractivity contribution in [2.75, 3.05) is 20.8 Å². The van der Waals surface area contributed by atoms with Crippen LogP contribution in [0.1, 0.15) is 17.4 Å². The van der Waals surface area contributed by atoms with Crippen LogP contribution in [0.4, 0.5) is 0 Å². The number of carbonyl (C=O) groups is 1. The lowest BCUT2D eigenvalue weighted by molar-refractivity contribution is 0.0628. The van der Waals surface area contributed by atoms with Crippen LogP contribution in [0.25, 0.3) is 11.5 Å². The Labute approximate surface area is 111 Å². The van der Waals surface area contributed by atoms with Gasteiger partial charge >= 0.3 is 0 Å². The van der Waals surface area contributed by atoms with E-state index >= 15 is 0 Å². The third-order valence-electron chi connectivity index (χ3n) is 2.97. The van der Waals surface area contributed by atoms with Gasteiger partial charge in [0.1, 0.15) is 5.69 Å². The zero-order valence-corrected chi connectivity index (χ0v) is 11.2. The van der Waals surface area contributed by atoms with Crippen molar-refractivity contribution in [1.82, 2.24) is 15.1 Å². The zero-order valence-electron chi connectivity index (χ0n) is 11.2. The van der Waals surface area contributed by atoms with Crippen LogP contribution >= 0.6 is 0 Å². The molecule has 1 amide bonds. The van der Waals surface area contributed by atoms with Gasteiger partial charge in [0.2, 0.25) is 0 Å². The molecule has 0 saturated heterocycles. The molecule has 0 aliphatic rings. The number of amides is 1. The molecule has 2 aromatic rings. The highest BCUT2D eigenvalue weighted by molar-refractivity contribution is 5.93. The fourth-order valence-corrected chi connectivity index (χ4v) is 1.72. The van der Waals surface area contributed by atoms with E-state index in [9.17, 15) is 4.79 Å². The van der Waals surface area contributed by atoms with Crippen LogP contribution in [-0.2, 0) is 4.74 Å². The number of H-pyrrole nitrogens is 1. The van der Waals surface area contributed by atoms with Gasteiger partial charge in [0, 0.05) is 20.2 Å². The summed E-state index contributed by atoms with van der Waals surface area (Å²) in [5.41, 5.74) is 1.04. The first-order valence-electron chi connectivity index (χ1n) is 5.99. The van der Waals surface area contributed by atoms with Gasteiger partial charge in [0.15, 0.2) is 11.5 Å². The quantitative estimate of drug-likeness (QED) is 0.892. The molecule has 0 aromatic carbocycles. The molecule has 2 aromatic heterocycles. The van der Waals surface area contributed by atoms with E-state index in [2.05, 4.69) is 10.2 Å². The van der Waals surface area contributed by atoms with Crippen LogP contribution in [0.5, 0.6) is 0 Å². The molecular formula is C13H17N3O3. The van der Waals surface area contributed by atoms with Crippen LogP contribution in [-0.4, -0.2) is 47.8 Å². The number of aromatic nitrogens is 2. The van der Waals surface area contributed by atoms with E-state index in [0.29, 0.717) is 23.8 Å². The number of methoxy groups -OCH3 is 1. The van der Waals surface area contributed by atoms with Crippen molar-refractivity contribution in [3.63, 3.8) is 0 Å². The number of nitrogens with one attached hydrogen (secondary N) is 1. The number of rotatable bonds is 5. The molecule has 0 unspecified atom stereocenters. The summed E-state index contributed by atoms with van der Waals surface area (Å²) in [4.78, 5) is 13.8. The summed E-state index contributed by atoms with van der Waals surface area (Å²) in [6.45, 7) is 2.40. The summed E-state index contributed by atoms with van der Waals surface area (Å²) in [5.74, 6) is 0.498. The molecule has 6 nitrogen and oxygen atoms in total. The summed E-state index contributed by atoms with van der Waals surface area (Å²) < 4.78 is 10.3. The summed E-state index contributed by atoms with van der Waals surface area (Å²) >= 11 is 0. The summed E-state index contributed by atoms with van der Waals surface area (Å²) in [6.07, 6.45) is 1.57. The largest absolute Gasteiger partial charge is 0.463 e. The molecule has 2 heterocycles. The van der Waals surface area contributed by atoms with Crippen LogP contribution < -0.4 is 0 Å². The number of hydrogen-bond donors (Lipinski definition) is 1. The minimum absolute atomic E-state index is 0.0127. The molecule has 0 fully saturated rings. The Bertz CT molecular complexity index is 533. The number of ether oxygens (including phenoxy) is 1. The number of furan rings is 1. The number of aromatic amines is 1. The van der Waals surface area contributed by atoms with Gasteiger partial charge in [-0.3, -0.25) is 9.89 Å². The second-order valence-electron chi connectivity index (χ2n) is 4.36. The lowest BCUT2D eigenvalue weighted by Crippen LogP contribution is -2.38. The number of nitrogens with zero attached hydrogens (tertiary/aromatic N) is 2. The molecule has 1 atom stereocenters. The topological polar surface area (TPSA) is 71.4 Å². The third kappa shape index (κ3) is 2.85. The maximum absolute atomic E-state index is 12.2. The first kappa shape index (κ1) is 13.4. The minimum atomic E-state index is -0.154. The molecule has 0 spiro atoms. The van der Waals surface area contributed by atoms with Gasteiger partial charge in [-0.05, 0) is 19.1 Å². The monoisotopic (exact) mass is 263 g/mol. The lowest BCUT2D eigenvalue weighted by Gasteiger charge is -2.23. The Balaban J connectivity index is 2.12. The number of hydrogen-bond acceptors (Lipinski definition) is 4. The third-order valence-corrected chi connectivity index (χ3v) is 2.97. The molecule has 6 heteroatoms. The van der Waals surface area contributed by atoms with Crippen molar-refractivity contribution in [1.29, 1.82) is 0 Å². The summed E-state index contributed by atoms with van der Waals surface area (Å²) in [5, 5.41) is 6.81. The average Bonchev–Trinajstić information content (AvgIpc) is 3.07. The van der Waals surface area contributed by atoms with Gasteiger partial charge in [0.25, 0.3) is 5.91 Å². The summed E-state index contributed by atoms with van der Waals surface area (Å²) in [6, 6.07) is 5.25. The SMILES string of the molecule is COC[C@H](C)N(C)C(=O)c1cc(-c2ccco2)[nH]n1. The normalized spacial score (nSPS) is 12.4. The number of likely N-dealkylation sites (N-methyl/N-ethyl adjacent to an activating group) is 1. The first-order chi connectivity index (χ1) is 9.13. The van der Waals surface area contributed by atoms with Gasteiger partial charge in [-0.1, -0.05) is 0 Å². The van der Waals surface area contributed by atoms with Gasteiger partial charge < -0.3 is 14.1 Å². The predicted octanol–water partition coefficient (Wildman–Crippen LogP) is 1.78. The molecule has 0 aliphatic carbocycles. The van der Waals surface area contributed by atoms with Crippen LogP contribution in [0.2, 0.25) is 0 Å². The molecule has 0 saturated carbocycles. The predicted molar refractivity (Wildman–Crippen MR) is 69.7 cm³/mol. The maximum atomic E-state index is 12.2. The van der Waals surface area contributed by atoms with Gasteiger partial charge in [-0.25, -0.2) is 0 Å². The van der Waals surface area contributed by atoms with Crippen LogP contribution in [0.15, 0.2) is 28.9 Å². The minimum Gasteiger partial charge on any atom is -0.463 e. The highest BCUT2D eigenvalue weighted by Crippen LogP contribution is 2.18. The fourth-order valence-electron chi connectivity index (χ4n) is 1.72. The standard InChI is InChI=1S/C13H17N3O3/c1-9(8-18-3)16(2)13(17)11-7-10(14-15-11)12-5-4-6-19-12/h4-7,9H,8H2,1-3H3,(H,14,15)/t9-/m0/s1. The van der Waals surface area contributed by atoms with Crippen LogP contribution in [0.3, 0.4) is 0 Å². The molecule has 2 rings (SSSR count). The van der Waals surface area contributed by atoms with E-state index in [-0.39, 0.29) is 11.9 Å². The Morgan fingerprint density at radius 3 is 3.05 bits per heavy atom. The van der Waals surface area contributed by atoms with E-state index in [1.54, 1.807) is 43.5 Å². The van der Waals surface area contributed by atoms with Crippen LogP contribution in [0, 0.1) is 0 Å². The number of carbonyl (C=O) groups excluding carboxylic acids is 1. The van der Waals surface area contributed by atoms with Gasteiger partial charge in [0.05, 0.1) is 18.9 Å².